The van der Waals surface area contributed by atoms with Crippen LogP contribution < -0.4 is 20.5 Å². The SMILES string of the molecule is CC([Si])(COCCC(=O)N1CCN2c3ncc(F)cc3OCC2C1)Nc1cn[nH]c(=O)c1C(F)(F)F. The van der Waals surface area contributed by atoms with Crippen LogP contribution in [0.5, 0.6) is 5.75 Å². The van der Waals surface area contributed by atoms with Crippen LogP contribution in [0, 0.1) is 5.82 Å². The van der Waals surface area contributed by atoms with Gasteiger partial charge in [0.05, 0.1) is 54.0 Å². The Labute approximate surface area is 206 Å². The summed E-state index contributed by atoms with van der Waals surface area (Å²) < 4.78 is 64.3. The van der Waals surface area contributed by atoms with Gasteiger partial charge < -0.3 is 24.6 Å². The standard InChI is InChI=1S/C21H23F4N6O4Si/c1-20(36,28-14-8-27-29-19(33)17(14)21(23,24)25)11-34-5-2-16(32)30-3-4-31-13(9-30)10-35-15-6-12(22)7-26-18(15)31/h6-8,13H,2-5,9-11H2,1H3,(H2,28,29,33). The molecule has 193 valence electrons. The van der Waals surface area contributed by atoms with Gasteiger partial charge in [0.2, 0.25) is 5.91 Å². The molecule has 2 atom stereocenters. The Hall–Kier alpha value is -3.20. The van der Waals surface area contributed by atoms with E-state index in [1.807, 2.05) is 4.90 Å². The summed E-state index contributed by atoms with van der Waals surface area (Å²) in [4.78, 5) is 32.1. The quantitative estimate of drug-likeness (QED) is 0.313. The molecular weight excluding hydrogens is 504 g/mol. The largest absolute Gasteiger partial charge is 0.487 e. The molecule has 0 aliphatic carbocycles. The number of halogens is 4. The minimum atomic E-state index is -4.88. The summed E-state index contributed by atoms with van der Waals surface area (Å²) in [6.07, 6.45) is -2.82. The number of alkyl halides is 3. The van der Waals surface area contributed by atoms with Gasteiger partial charge in [-0.1, -0.05) is 0 Å². The van der Waals surface area contributed by atoms with E-state index < -0.39 is 34.0 Å². The predicted octanol–water partition coefficient (Wildman–Crippen LogP) is 1.14. The lowest BCUT2D eigenvalue weighted by Gasteiger charge is -2.44. The molecule has 4 rings (SSSR count). The van der Waals surface area contributed by atoms with E-state index >= 15 is 0 Å². The van der Waals surface area contributed by atoms with Crippen LogP contribution in [0.1, 0.15) is 18.9 Å². The Kier molecular flexibility index (Phi) is 7.22. The van der Waals surface area contributed by atoms with Crippen LogP contribution >= 0.6 is 0 Å². The van der Waals surface area contributed by atoms with E-state index in [9.17, 15) is 27.2 Å². The third-order valence-electron chi connectivity index (χ3n) is 5.74. The Balaban J connectivity index is 1.26. The van der Waals surface area contributed by atoms with Crippen LogP contribution in [0.25, 0.3) is 0 Å². The molecule has 2 aromatic heterocycles. The van der Waals surface area contributed by atoms with E-state index in [1.54, 1.807) is 10.00 Å². The molecule has 2 N–H and O–H groups in total. The summed E-state index contributed by atoms with van der Waals surface area (Å²) in [5.74, 6) is 0.306. The van der Waals surface area contributed by atoms with Crippen LogP contribution in [0.15, 0.2) is 23.3 Å². The zero-order chi connectivity index (χ0) is 26.1. The molecule has 15 heteroatoms. The molecule has 36 heavy (non-hydrogen) atoms. The molecule has 1 amide bonds. The Morgan fingerprint density at radius 1 is 1.36 bits per heavy atom. The highest BCUT2D eigenvalue weighted by Crippen LogP contribution is 2.34. The van der Waals surface area contributed by atoms with E-state index in [0.717, 1.165) is 12.4 Å². The van der Waals surface area contributed by atoms with Crippen molar-refractivity contribution in [3.05, 3.63) is 40.2 Å². The zero-order valence-electron chi connectivity index (χ0n) is 19.2. The number of pyridine rings is 1. The van der Waals surface area contributed by atoms with Crippen LogP contribution in [0.3, 0.4) is 0 Å². The van der Waals surface area contributed by atoms with Gasteiger partial charge in [0.1, 0.15) is 18.0 Å². The highest BCUT2D eigenvalue weighted by molar-refractivity contribution is 6.16. The number of hydrogen-bond acceptors (Lipinski definition) is 8. The summed E-state index contributed by atoms with van der Waals surface area (Å²) in [5.41, 5.74) is -3.27. The predicted molar refractivity (Wildman–Crippen MR) is 120 cm³/mol. The minimum Gasteiger partial charge on any atom is -0.487 e. The lowest BCUT2D eigenvalue weighted by atomic mass is 10.1. The molecule has 0 aromatic carbocycles. The maximum atomic E-state index is 13.4. The van der Waals surface area contributed by atoms with E-state index in [0.29, 0.717) is 37.8 Å². The van der Waals surface area contributed by atoms with Crippen LogP contribution in [-0.4, -0.2) is 86.9 Å². The zero-order valence-corrected chi connectivity index (χ0v) is 20.2. The number of ether oxygens (including phenoxy) is 2. The molecule has 2 aromatic rings. The first-order chi connectivity index (χ1) is 16.9. The number of H-pyrrole nitrogens is 1. The van der Waals surface area contributed by atoms with Crippen LogP contribution in [0.4, 0.5) is 29.1 Å². The fourth-order valence-corrected chi connectivity index (χ4v) is 4.36. The first kappa shape index (κ1) is 25.9. The molecule has 1 saturated heterocycles. The van der Waals surface area contributed by atoms with Gasteiger partial charge in [0, 0.05) is 30.9 Å². The molecule has 2 unspecified atom stereocenters. The number of amides is 1. The van der Waals surface area contributed by atoms with Gasteiger partial charge in [0.15, 0.2) is 11.6 Å². The second-order valence-corrected chi connectivity index (χ2v) is 9.82. The number of piperazine rings is 1. The summed E-state index contributed by atoms with van der Waals surface area (Å²) in [5, 5.41) is 6.58. The van der Waals surface area contributed by atoms with Gasteiger partial charge in [-0.2, -0.15) is 18.3 Å². The molecule has 1 fully saturated rings. The van der Waals surface area contributed by atoms with Gasteiger partial charge in [-0.25, -0.2) is 14.5 Å². The molecule has 0 bridgehead atoms. The monoisotopic (exact) mass is 527 g/mol. The molecule has 2 aliphatic heterocycles. The van der Waals surface area contributed by atoms with Crippen molar-refractivity contribution in [2.24, 2.45) is 0 Å². The number of nitrogens with one attached hydrogen (secondary N) is 2. The molecular formula is C21H23F4N6O4Si. The highest BCUT2D eigenvalue weighted by Gasteiger charge is 2.39. The smallest absolute Gasteiger partial charge is 0.423 e. The Morgan fingerprint density at radius 2 is 2.14 bits per heavy atom. The second kappa shape index (κ2) is 10.0. The number of aromatic amines is 1. The number of anilines is 2. The van der Waals surface area contributed by atoms with Gasteiger partial charge in [-0.15, -0.1) is 0 Å². The normalized spacial score (nSPS) is 19.1. The van der Waals surface area contributed by atoms with E-state index in [2.05, 4.69) is 25.6 Å². The Bertz CT molecular complexity index is 1180. The lowest BCUT2D eigenvalue weighted by Crippen LogP contribution is -2.58. The number of carbonyl (C=O) groups excluding carboxylic acids is 1. The molecule has 2 aliphatic rings. The van der Waals surface area contributed by atoms with Gasteiger partial charge in [-0.05, 0) is 6.92 Å². The van der Waals surface area contributed by atoms with Gasteiger partial charge in [0.25, 0.3) is 5.56 Å². The summed E-state index contributed by atoms with van der Waals surface area (Å²) in [6.45, 7) is 3.11. The second-order valence-electron chi connectivity index (χ2n) is 8.72. The molecule has 0 spiro atoms. The molecule has 10 nitrogen and oxygen atoms in total. The summed E-state index contributed by atoms with van der Waals surface area (Å²) >= 11 is 0. The molecule has 0 saturated carbocycles. The van der Waals surface area contributed by atoms with Crippen molar-refractivity contribution in [3.8, 4) is 5.75 Å². The topological polar surface area (TPSA) is 113 Å². The van der Waals surface area contributed by atoms with Crippen molar-refractivity contribution in [1.82, 2.24) is 20.1 Å². The number of rotatable bonds is 7. The van der Waals surface area contributed by atoms with Crippen molar-refractivity contribution in [1.29, 1.82) is 0 Å². The summed E-state index contributed by atoms with van der Waals surface area (Å²) in [7, 11) is 3.32. The van der Waals surface area contributed by atoms with Crippen molar-refractivity contribution < 1.29 is 31.8 Å². The number of fused-ring (bicyclic) bond motifs is 3. The molecule has 3 radical (unpaired) electrons. The first-order valence-electron chi connectivity index (χ1n) is 11.0. The van der Waals surface area contributed by atoms with Crippen LogP contribution in [0.2, 0.25) is 0 Å². The summed E-state index contributed by atoms with van der Waals surface area (Å²) in [6, 6.07) is 1.17. The Morgan fingerprint density at radius 3 is 2.89 bits per heavy atom. The fourth-order valence-electron chi connectivity index (χ4n) is 4.13. The van der Waals surface area contributed by atoms with E-state index in [-0.39, 0.29) is 31.6 Å². The average molecular weight is 528 g/mol. The minimum absolute atomic E-state index is 0.0331. The lowest BCUT2D eigenvalue weighted by molar-refractivity contribution is -0.138. The van der Waals surface area contributed by atoms with Gasteiger partial charge in [-0.3, -0.25) is 9.59 Å². The molecule has 4 heterocycles. The fraction of sp³-hybridized carbons (Fsp3) is 0.524. The average Bonchev–Trinajstić information content (AvgIpc) is 2.80. The van der Waals surface area contributed by atoms with Crippen molar-refractivity contribution >= 4 is 27.7 Å². The van der Waals surface area contributed by atoms with Crippen molar-refractivity contribution in [2.75, 3.05) is 49.7 Å². The number of hydrogen-bond donors (Lipinski definition) is 2. The first-order valence-corrected chi connectivity index (χ1v) is 11.5. The third kappa shape index (κ3) is 5.78. The van der Waals surface area contributed by atoms with E-state index in [4.69, 9.17) is 9.47 Å². The highest BCUT2D eigenvalue weighted by atomic mass is 28.1. The maximum Gasteiger partial charge on any atom is 0.423 e. The van der Waals surface area contributed by atoms with Crippen LogP contribution in [-0.2, 0) is 15.7 Å². The van der Waals surface area contributed by atoms with Crippen molar-refractivity contribution in [2.45, 2.75) is 30.7 Å². The van der Waals surface area contributed by atoms with Gasteiger partial charge >= 0.3 is 6.18 Å². The number of carbonyl (C=O) groups is 1. The number of nitrogens with zero attached hydrogens (tertiary/aromatic N) is 4. The van der Waals surface area contributed by atoms with Crippen molar-refractivity contribution in [3.63, 3.8) is 0 Å². The van der Waals surface area contributed by atoms with E-state index in [1.165, 1.54) is 13.0 Å². The number of aromatic nitrogens is 3. The maximum absolute atomic E-state index is 13.4. The third-order valence-corrected chi connectivity index (χ3v) is 6.01.